The SMILES string of the molecule is O=C1CC(C(F)F)NC(N2CCN(c3ncnc4c3CCCC4)CC2)N1. The molecule has 0 bridgehead atoms. The number of carbonyl (C=O) groups excluding carboxylic acids is 1. The van der Waals surface area contributed by atoms with E-state index < -0.39 is 18.8 Å². The zero-order chi connectivity index (χ0) is 18.1. The number of carbonyl (C=O) groups is 1. The number of nitrogens with one attached hydrogen (secondary N) is 2. The molecule has 3 aliphatic rings. The molecule has 2 unspecified atom stereocenters. The van der Waals surface area contributed by atoms with Crippen LogP contribution in [-0.4, -0.2) is 65.7 Å². The van der Waals surface area contributed by atoms with E-state index >= 15 is 0 Å². The number of hydrogen-bond donors (Lipinski definition) is 2. The summed E-state index contributed by atoms with van der Waals surface area (Å²) in [6.07, 6.45) is 2.76. The average molecular weight is 366 g/mol. The van der Waals surface area contributed by atoms with Crippen LogP contribution < -0.4 is 15.5 Å². The van der Waals surface area contributed by atoms with Gasteiger partial charge in [0.05, 0.1) is 6.04 Å². The lowest BCUT2D eigenvalue weighted by Gasteiger charge is -2.43. The molecule has 0 aromatic carbocycles. The first kappa shape index (κ1) is 17.5. The molecule has 2 saturated heterocycles. The van der Waals surface area contributed by atoms with Gasteiger partial charge < -0.3 is 10.2 Å². The fourth-order valence-corrected chi connectivity index (χ4v) is 4.04. The molecule has 7 nitrogen and oxygen atoms in total. The van der Waals surface area contributed by atoms with Crippen molar-refractivity contribution in [3.63, 3.8) is 0 Å². The zero-order valence-corrected chi connectivity index (χ0v) is 14.6. The highest BCUT2D eigenvalue weighted by Gasteiger charge is 2.35. The van der Waals surface area contributed by atoms with Crippen molar-refractivity contribution in [3.8, 4) is 0 Å². The van der Waals surface area contributed by atoms with Crippen molar-refractivity contribution in [1.29, 1.82) is 0 Å². The summed E-state index contributed by atoms with van der Waals surface area (Å²) >= 11 is 0. The van der Waals surface area contributed by atoms with E-state index in [4.69, 9.17) is 0 Å². The maximum absolute atomic E-state index is 13.0. The van der Waals surface area contributed by atoms with Gasteiger partial charge in [-0.15, -0.1) is 0 Å². The predicted octanol–water partition coefficient (Wildman–Crippen LogP) is 0.504. The Hall–Kier alpha value is -1.87. The second-order valence-electron chi connectivity index (χ2n) is 7.13. The topological polar surface area (TPSA) is 73.4 Å². The molecule has 2 atom stereocenters. The Morgan fingerprint density at radius 1 is 1.12 bits per heavy atom. The minimum absolute atomic E-state index is 0.179. The molecule has 4 rings (SSSR count). The number of aryl methyl sites for hydroxylation is 1. The van der Waals surface area contributed by atoms with Gasteiger partial charge in [-0.3, -0.25) is 15.0 Å². The van der Waals surface area contributed by atoms with Crippen molar-refractivity contribution >= 4 is 11.7 Å². The first-order valence-corrected chi connectivity index (χ1v) is 9.27. The van der Waals surface area contributed by atoms with Crippen LogP contribution in [-0.2, 0) is 17.6 Å². The molecule has 2 aliphatic heterocycles. The first-order chi connectivity index (χ1) is 12.6. The van der Waals surface area contributed by atoms with Crippen LogP contribution in [0.25, 0.3) is 0 Å². The third kappa shape index (κ3) is 3.50. The normalized spacial score (nSPS) is 27.3. The van der Waals surface area contributed by atoms with E-state index in [-0.39, 0.29) is 12.3 Å². The number of hydrogen-bond acceptors (Lipinski definition) is 6. The fraction of sp³-hybridized carbons (Fsp3) is 0.706. The Bertz CT molecular complexity index is 665. The van der Waals surface area contributed by atoms with E-state index in [1.165, 1.54) is 18.4 Å². The Balaban J connectivity index is 1.41. The Morgan fingerprint density at radius 3 is 2.65 bits per heavy atom. The van der Waals surface area contributed by atoms with E-state index in [1.54, 1.807) is 6.33 Å². The summed E-state index contributed by atoms with van der Waals surface area (Å²) in [5, 5.41) is 5.63. The summed E-state index contributed by atoms with van der Waals surface area (Å²) in [5.74, 6) is 0.687. The Morgan fingerprint density at radius 2 is 1.88 bits per heavy atom. The number of halogens is 2. The summed E-state index contributed by atoms with van der Waals surface area (Å²) in [5.41, 5.74) is 2.42. The van der Waals surface area contributed by atoms with Crippen molar-refractivity contribution < 1.29 is 13.6 Å². The van der Waals surface area contributed by atoms with Gasteiger partial charge in [-0.2, -0.15) is 0 Å². The molecule has 1 aromatic rings. The summed E-state index contributed by atoms with van der Waals surface area (Å²) in [6, 6.07) is -1.08. The quantitative estimate of drug-likeness (QED) is 0.812. The van der Waals surface area contributed by atoms with Gasteiger partial charge >= 0.3 is 0 Å². The van der Waals surface area contributed by atoms with Gasteiger partial charge in [-0.1, -0.05) is 0 Å². The van der Waals surface area contributed by atoms with Crippen molar-refractivity contribution in [2.75, 3.05) is 31.1 Å². The molecular weight excluding hydrogens is 342 g/mol. The molecule has 26 heavy (non-hydrogen) atoms. The molecule has 3 heterocycles. The highest BCUT2D eigenvalue weighted by molar-refractivity contribution is 5.77. The van der Waals surface area contributed by atoms with E-state index in [0.29, 0.717) is 13.1 Å². The predicted molar refractivity (Wildman–Crippen MR) is 91.9 cm³/mol. The standard InChI is InChI=1S/C17H24F2N6O/c18-15(19)13-9-14(26)23-17(22-13)25-7-5-24(6-8-25)16-11-3-1-2-4-12(11)20-10-21-16/h10,13,15,17,22H,1-9H2,(H,23,26). The van der Waals surface area contributed by atoms with Crippen LogP contribution in [0.15, 0.2) is 6.33 Å². The van der Waals surface area contributed by atoms with Crippen molar-refractivity contribution in [1.82, 2.24) is 25.5 Å². The maximum Gasteiger partial charge on any atom is 0.254 e. The lowest BCUT2D eigenvalue weighted by molar-refractivity contribution is -0.129. The van der Waals surface area contributed by atoms with Crippen molar-refractivity contribution in [2.24, 2.45) is 0 Å². The zero-order valence-electron chi connectivity index (χ0n) is 14.6. The van der Waals surface area contributed by atoms with Gasteiger partial charge in [0.1, 0.15) is 18.4 Å². The highest BCUT2D eigenvalue weighted by Crippen LogP contribution is 2.27. The Kier molecular flexibility index (Phi) is 4.99. The van der Waals surface area contributed by atoms with Crippen LogP contribution in [0.3, 0.4) is 0 Å². The maximum atomic E-state index is 13.0. The molecule has 0 radical (unpaired) electrons. The highest BCUT2D eigenvalue weighted by atomic mass is 19.3. The number of anilines is 1. The van der Waals surface area contributed by atoms with E-state index in [0.717, 1.165) is 37.4 Å². The van der Waals surface area contributed by atoms with E-state index in [9.17, 15) is 13.6 Å². The van der Waals surface area contributed by atoms with Crippen molar-refractivity contribution in [2.45, 2.75) is 50.9 Å². The van der Waals surface area contributed by atoms with Gasteiger partial charge in [0, 0.05) is 43.9 Å². The van der Waals surface area contributed by atoms with Crippen LogP contribution in [0, 0.1) is 0 Å². The van der Waals surface area contributed by atoms with E-state index in [2.05, 4.69) is 25.5 Å². The third-order valence-corrected chi connectivity index (χ3v) is 5.46. The summed E-state index contributed by atoms with van der Waals surface area (Å²) in [7, 11) is 0. The second kappa shape index (κ2) is 7.40. The van der Waals surface area contributed by atoms with Gasteiger partial charge in [0.2, 0.25) is 5.91 Å². The number of aromatic nitrogens is 2. The Labute approximate surface area is 151 Å². The number of fused-ring (bicyclic) bond motifs is 1. The molecule has 0 saturated carbocycles. The third-order valence-electron chi connectivity index (χ3n) is 5.46. The number of nitrogens with zero attached hydrogens (tertiary/aromatic N) is 4. The van der Waals surface area contributed by atoms with Crippen molar-refractivity contribution in [3.05, 3.63) is 17.6 Å². The molecule has 1 aliphatic carbocycles. The largest absolute Gasteiger partial charge is 0.354 e. The molecule has 0 spiro atoms. The molecule has 142 valence electrons. The minimum Gasteiger partial charge on any atom is -0.354 e. The molecule has 2 N–H and O–H groups in total. The monoisotopic (exact) mass is 366 g/mol. The molecule has 1 amide bonds. The second-order valence-corrected chi connectivity index (χ2v) is 7.13. The van der Waals surface area contributed by atoms with Gasteiger partial charge in [0.15, 0.2) is 0 Å². The molecule has 1 aromatic heterocycles. The fourth-order valence-electron chi connectivity index (χ4n) is 4.04. The van der Waals surface area contributed by atoms with Crippen LogP contribution in [0.2, 0.25) is 0 Å². The minimum atomic E-state index is -2.54. The number of piperazine rings is 1. The van der Waals surface area contributed by atoms with Gasteiger partial charge in [-0.05, 0) is 25.7 Å². The van der Waals surface area contributed by atoms with Crippen LogP contribution in [0.1, 0.15) is 30.5 Å². The van der Waals surface area contributed by atoms with Crippen LogP contribution in [0.4, 0.5) is 14.6 Å². The first-order valence-electron chi connectivity index (χ1n) is 9.27. The van der Waals surface area contributed by atoms with E-state index in [1.807, 2.05) is 4.90 Å². The molecule has 9 heteroatoms. The lowest BCUT2D eigenvalue weighted by Crippen LogP contribution is -2.67. The average Bonchev–Trinajstić information content (AvgIpc) is 2.67. The number of amides is 1. The number of rotatable bonds is 3. The van der Waals surface area contributed by atoms with Gasteiger partial charge in [-0.25, -0.2) is 18.7 Å². The lowest BCUT2D eigenvalue weighted by atomic mass is 9.96. The van der Waals surface area contributed by atoms with Gasteiger partial charge in [0.25, 0.3) is 6.43 Å². The smallest absolute Gasteiger partial charge is 0.254 e. The summed E-state index contributed by atoms with van der Waals surface area (Å²) in [4.78, 5) is 24.9. The molecule has 2 fully saturated rings. The van der Waals surface area contributed by atoms with Crippen LogP contribution >= 0.6 is 0 Å². The van der Waals surface area contributed by atoms with Crippen LogP contribution in [0.5, 0.6) is 0 Å². The summed E-state index contributed by atoms with van der Waals surface area (Å²) < 4.78 is 26.0. The summed E-state index contributed by atoms with van der Waals surface area (Å²) in [6.45, 7) is 2.84. The number of alkyl halides is 2. The molecular formula is C17H24F2N6O.